The van der Waals surface area contributed by atoms with Crippen LogP contribution in [0.3, 0.4) is 0 Å². The number of amides is 2. The summed E-state index contributed by atoms with van der Waals surface area (Å²) in [7, 11) is 0. The van der Waals surface area contributed by atoms with Gasteiger partial charge in [0.05, 0.1) is 0 Å². The summed E-state index contributed by atoms with van der Waals surface area (Å²) >= 11 is 0. The molecule has 2 amide bonds. The summed E-state index contributed by atoms with van der Waals surface area (Å²) in [5, 5.41) is 0. The van der Waals surface area contributed by atoms with Gasteiger partial charge in [-0.25, -0.2) is 0 Å². The van der Waals surface area contributed by atoms with Crippen LogP contribution in [0.2, 0.25) is 0 Å². The third kappa shape index (κ3) is 3.63. The highest BCUT2D eigenvalue weighted by molar-refractivity contribution is 5.96. The first-order chi connectivity index (χ1) is 11.0. The average molecular weight is 314 g/mol. The predicted molar refractivity (Wildman–Crippen MR) is 92.4 cm³/mol. The van der Waals surface area contributed by atoms with Gasteiger partial charge in [-0.2, -0.15) is 0 Å². The second-order valence-corrected chi connectivity index (χ2v) is 6.29. The maximum absolute atomic E-state index is 13.0. The largest absolute Gasteiger partial charge is 0.335 e. The highest BCUT2D eigenvalue weighted by atomic mass is 16.2. The number of rotatable bonds is 4. The minimum Gasteiger partial charge on any atom is -0.335 e. The zero-order valence-electron chi connectivity index (χ0n) is 14.3. The molecule has 0 bridgehead atoms. The molecule has 0 radical (unpaired) electrons. The minimum absolute atomic E-state index is 0.0559. The molecule has 0 aromatic heterocycles. The van der Waals surface area contributed by atoms with Crippen molar-refractivity contribution in [1.82, 2.24) is 9.80 Å². The molecule has 1 heterocycles. The third-order valence-electron chi connectivity index (χ3n) is 4.51. The van der Waals surface area contributed by atoms with Crippen LogP contribution in [0.1, 0.15) is 49.0 Å². The van der Waals surface area contributed by atoms with E-state index in [-0.39, 0.29) is 17.9 Å². The Labute approximate surface area is 138 Å². The summed E-state index contributed by atoms with van der Waals surface area (Å²) in [4.78, 5) is 28.6. The van der Waals surface area contributed by atoms with E-state index < -0.39 is 0 Å². The maximum Gasteiger partial charge on any atom is 0.254 e. The predicted octanol–water partition coefficient (Wildman–Crippen LogP) is 3.06. The molecule has 1 aliphatic heterocycles. The molecule has 0 aliphatic carbocycles. The number of benzene rings is 1. The standard InChI is InChI=1S/C19H26N2O2/c1-5-15-13-20(18(22)6-2)11-12-21(15)19(23)17-10-8-7-9-16(17)14(3)4/h6-10,14-15H,2,5,11-13H2,1,3-4H3. The van der Waals surface area contributed by atoms with Crippen LogP contribution < -0.4 is 0 Å². The molecule has 1 aromatic rings. The highest BCUT2D eigenvalue weighted by Gasteiger charge is 2.32. The molecule has 2 rings (SSSR count). The molecule has 124 valence electrons. The second-order valence-electron chi connectivity index (χ2n) is 6.29. The van der Waals surface area contributed by atoms with E-state index in [0.717, 1.165) is 17.5 Å². The number of piperazine rings is 1. The van der Waals surface area contributed by atoms with Crippen LogP contribution in [0, 0.1) is 0 Å². The Hall–Kier alpha value is -2.10. The van der Waals surface area contributed by atoms with Gasteiger partial charge in [-0.05, 0) is 30.0 Å². The number of carbonyl (C=O) groups is 2. The number of hydrogen-bond donors (Lipinski definition) is 0. The molecule has 23 heavy (non-hydrogen) atoms. The lowest BCUT2D eigenvalue weighted by atomic mass is 9.95. The van der Waals surface area contributed by atoms with Crippen LogP contribution in [0.4, 0.5) is 0 Å². The Morgan fingerprint density at radius 1 is 1.30 bits per heavy atom. The lowest BCUT2D eigenvalue weighted by Gasteiger charge is -2.41. The van der Waals surface area contributed by atoms with Crippen molar-refractivity contribution in [1.29, 1.82) is 0 Å². The van der Waals surface area contributed by atoms with Crippen LogP contribution in [0.15, 0.2) is 36.9 Å². The van der Waals surface area contributed by atoms with Crippen molar-refractivity contribution in [3.63, 3.8) is 0 Å². The molecule has 0 N–H and O–H groups in total. The summed E-state index contributed by atoms with van der Waals surface area (Å²) < 4.78 is 0. The molecular weight excluding hydrogens is 288 g/mol. The summed E-state index contributed by atoms with van der Waals surface area (Å²) in [5.41, 5.74) is 1.86. The molecule has 0 spiro atoms. The molecule has 0 saturated carbocycles. The fourth-order valence-corrected chi connectivity index (χ4v) is 3.15. The van der Waals surface area contributed by atoms with Gasteiger partial charge in [0.15, 0.2) is 0 Å². The first-order valence-electron chi connectivity index (χ1n) is 8.30. The van der Waals surface area contributed by atoms with Crippen LogP contribution in [-0.2, 0) is 4.79 Å². The van der Waals surface area contributed by atoms with Crippen LogP contribution in [0.25, 0.3) is 0 Å². The molecule has 4 heteroatoms. The fraction of sp³-hybridized carbons (Fsp3) is 0.474. The Morgan fingerprint density at radius 3 is 2.61 bits per heavy atom. The first-order valence-corrected chi connectivity index (χ1v) is 8.30. The van der Waals surface area contributed by atoms with Gasteiger partial charge in [0, 0.05) is 31.2 Å². The summed E-state index contributed by atoms with van der Waals surface area (Å²) in [6.45, 7) is 11.5. The summed E-state index contributed by atoms with van der Waals surface area (Å²) in [5.74, 6) is 0.323. The van der Waals surface area contributed by atoms with Gasteiger partial charge in [0.1, 0.15) is 0 Å². The Morgan fingerprint density at radius 2 is 2.00 bits per heavy atom. The Kier molecular flexibility index (Phi) is 5.59. The topological polar surface area (TPSA) is 40.6 Å². The molecule has 1 fully saturated rings. The van der Waals surface area contributed by atoms with E-state index in [2.05, 4.69) is 27.4 Å². The van der Waals surface area contributed by atoms with Crippen LogP contribution >= 0.6 is 0 Å². The van der Waals surface area contributed by atoms with Gasteiger partial charge in [-0.1, -0.05) is 45.5 Å². The van der Waals surface area contributed by atoms with Crippen LogP contribution in [-0.4, -0.2) is 47.3 Å². The zero-order valence-corrected chi connectivity index (χ0v) is 14.3. The highest BCUT2D eigenvalue weighted by Crippen LogP contribution is 2.23. The average Bonchev–Trinajstić information content (AvgIpc) is 2.59. The van der Waals surface area contributed by atoms with Gasteiger partial charge < -0.3 is 9.80 Å². The van der Waals surface area contributed by atoms with Crippen molar-refractivity contribution in [2.45, 2.75) is 39.2 Å². The second kappa shape index (κ2) is 7.44. The Bertz CT molecular complexity index is 595. The zero-order chi connectivity index (χ0) is 17.0. The number of nitrogens with zero attached hydrogens (tertiary/aromatic N) is 2. The van der Waals surface area contributed by atoms with Crippen LogP contribution in [0.5, 0.6) is 0 Å². The summed E-state index contributed by atoms with van der Waals surface area (Å²) in [6, 6.07) is 7.88. The molecule has 1 atom stereocenters. The molecule has 1 unspecified atom stereocenters. The van der Waals surface area contributed by atoms with Crippen molar-refractivity contribution in [3.8, 4) is 0 Å². The quantitative estimate of drug-likeness (QED) is 0.801. The first kappa shape index (κ1) is 17.3. The normalized spacial score (nSPS) is 18.2. The van der Waals surface area contributed by atoms with E-state index in [9.17, 15) is 9.59 Å². The van der Waals surface area contributed by atoms with Crippen molar-refractivity contribution in [3.05, 3.63) is 48.0 Å². The smallest absolute Gasteiger partial charge is 0.254 e. The van der Waals surface area contributed by atoms with Crippen molar-refractivity contribution in [2.24, 2.45) is 0 Å². The molecule has 1 aliphatic rings. The van der Waals surface area contributed by atoms with Crippen molar-refractivity contribution in [2.75, 3.05) is 19.6 Å². The monoisotopic (exact) mass is 314 g/mol. The van der Waals surface area contributed by atoms with Crippen molar-refractivity contribution < 1.29 is 9.59 Å². The lowest BCUT2D eigenvalue weighted by molar-refractivity contribution is -0.128. The van der Waals surface area contributed by atoms with Crippen molar-refractivity contribution >= 4 is 11.8 Å². The van der Waals surface area contributed by atoms with E-state index in [1.165, 1.54) is 6.08 Å². The van der Waals surface area contributed by atoms with E-state index >= 15 is 0 Å². The number of hydrogen-bond acceptors (Lipinski definition) is 2. The van der Waals surface area contributed by atoms with Gasteiger partial charge >= 0.3 is 0 Å². The lowest BCUT2D eigenvalue weighted by Crippen LogP contribution is -2.56. The van der Waals surface area contributed by atoms with E-state index in [1.54, 1.807) is 4.90 Å². The summed E-state index contributed by atoms with van der Waals surface area (Å²) in [6.07, 6.45) is 2.18. The van der Waals surface area contributed by atoms with E-state index in [4.69, 9.17) is 0 Å². The van der Waals surface area contributed by atoms with E-state index in [1.807, 2.05) is 29.2 Å². The molecular formula is C19H26N2O2. The fourth-order valence-electron chi connectivity index (χ4n) is 3.15. The molecule has 1 saturated heterocycles. The maximum atomic E-state index is 13.0. The van der Waals surface area contributed by atoms with Gasteiger partial charge in [0.2, 0.25) is 5.91 Å². The minimum atomic E-state index is -0.0573. The molecule has 4 nitrogen and oxygen atoms in total. The Balaban J connectivity index is 2.23. The number of carbonyl (C=O) groups excluding carboxylic acids is 2. The molecule has 1 aromatic carbocycles. The van der Waals surface area contributed by atoms with Gasteiger partial charge in [-0.15, -0.1) is 0 Å². The third-order valence-corrected chi connectivity index (χ3v) is 4.51. The van der Waals surface area contributed by atoms with Gasteiger partial charge in [0.25, 0.3) is 5.91 Å². The van der Waals surface area contributed by atoms with E-state index in [0.29, 0.717) is 25.6 Å². The van der Waals surface area contributed by atoms with Gasteiger partial charge in [-0.3, -0.25) is 9.59 Å². The SMILES string of the molecule is C=CC(=O)N1CCN(C(=O)c2ccccc2C(C)C)C(CC)C1.